The SMILES string of the molecule is CC(C)CCn1c(=O)c(=O)c(=O)n(-c2ccccc2)c2ccccc21. The fourth-order valence-corrected chi connectivity index (χ4v) is 2.86. The van der Waals surface area contributed by atoms with E-state index in [1.54, 1.807) is 48.5 Å². The van der Waals surface area contributed by atoms with Gasteiger partial charge in [0.15, 0.2) is 0 Å². The van der Waals surface area contributed by atoms with Crippen molar-refractivity contribution in [3.8, 4) is 5.69 Å². The summed E-state index contributed by atoms with van der Waals surface area (Å²) < 4.78 is 2.75. The molecule has 0 saturated heterocycles. The van der Waals surface area contributed by atoms with Crippen molar-refractivity contribution in [2.75, 3.05) is 0 Å². The van der Waals surface area contributed by atoms with Gasteiger partial charge in [-0.1, -0.05) is 44.2 Å². The summed E-state index contributed by atoms with van der Waals surface area (Å²) in [6.07, 6.45) is 0.743. The van der Waals surface area contributed by atoms with Gasteiger partial charge in [-0.05, 0) is 36.6 Å². The molecule has 0 atom stereocenters. The normalized spacial score (nSPS) is 11.2. The smallest absolute Gasteiger partial charge is 0.303 e. The Morgan fingerprint density at radius 1 is 0.800 bits per heavy atom. The molecule has 0 saturated carbocycles. The largest absolute Gasteiger partial charge is 0.309 e. The standard InChI is InChI=1S/C20H20N2O3/c1-14(2)12-13-21-16-10-6-7-11-17(16)22(15-8-4-3-5-9-15)20(25)18(23)19(21)24/h3-11,14H,12-13H2,1-2H3. The van der Waals surface area contributed by atoms with Gasteiger partial charge < -0.3 is 4.57 Å². The van der Waals surface area contributed by atoms with Crippen LogP contribution in [0.3, 0.4) is 0 Å². The molecule has 0 fully saturated rings. The highest BCUT2D eigenvalue weighted by Crippen LogP contribution is 2.15. The van der Waals surface area contributed by atoms with E-state index in [-0.39, 0.29) is 0 Å². The summed E-state index contributed by atoms with van der Waals surface area (Å²) in [6.45, 7) is 4.50. The van der Waals surface area contributed by atoms with Crippen LogP contribution in [-0.2, 0) is 6.54 Å². The first-order valence-electron chi connectivity index (χ1n) is 8.35. The molecule has 0 aliphatic rings. The molecular formula is C20H20N2O3. The first-order valence-corrected chi connectivity index (χ1v) is 8.35. The number of rotatable bonds is 4. The monoisotopic (exact) mass is 336 g/mol. The summed E-state index contributed by atoms with van der Waals surface area (Å²) in [7, 11) is 0. The average Bonchev–Trinajstić information content (AvgIpc) is 2.69. The zero-order chi connectivity index (χ0) is 18.0. The molecular weight excluding hydrogens is 316 g/mol. The number of aromatic nitrogens is 2. The van der Waals surface area contributed by atoms with Crippen LogP contribution in [0.2, 0.25) is 0 Å². The highest BCUT2D eigenvalue weighted by molar-refractivity contribution is 5.76. The number of aryl methyl sites for hydroxylation is 1. The third-order valence-electron chi connectivity index (χ3n) is 4.19. The molecule has 2 aromatic carbocycles. The van der Waals surface area contributed by atoms with Crippen LogP contribution in [0.15, 0.2) is 69.0 Å². The van der Waals surface area contributed by atoms with E-state index in [0.717, 1.165) is 6.42 Å². The molecule has 3 rings (SSSR count). The van der Waals surface area contributed by atoms with Crippen molar-refractivity contribution in [1.82, 2.24) is 9.13 Å². The Bertz CT molecular complexity index is 1080. The molecule has 0 bridgehead atoms. The van der Waals surface area contributed by atoms with Crippen molar-refractivity contribution in [3.05, 3.63) is 85.5 Å². The molecule has 0 N–H and O–H groups in total. The second-order valence-electron chi connectivity index (χ2n) is 6.43. The topological polar surface area (TPSA) is 61.1 Å². The first kappa shape index (κ1) is 16.9. The van der Waals surface area contributed by atoms with E-state index < -0.39 is 16.5 Å². The summed E-state index contributed by atoms with van der Waals surface area (Å²) in [5.74, 6) is 0.374. The van der Waals surface area contributed by atoms with Crippen molar-refractivity contribution in [2.24, 2.45) is 5.92 Å². The summed E-state index contributed by atoms with van der Waals surface area (Å²) in [6, 6.07) is 16.0. The molecule has 0 aliphatic carbocycles. The lowest BCUT2D eigenvalue weighted by Gasteiger charge is -2.10. The third kappa shape index (κ3) is 3.18. The number of hydrogen-bond donors (Lipinski definition) is 0. The van der Waals surface area contributed by atoms with E-state index in [0.29, 0.717) is 29.2 Å². The first-order chi connectivity index (χ1) is 12.0. The lowest BCUT2D eigenvalue weighted by molar-refractivity contribution is 0.516. The van der Waals surface area contributed by atoms with Gasteiger partial charge in [0, 0.05) is 12.2 Å². The molecule has 5 nitrogen and oxygen atoms in total. The van der Waals surface area contributed by atoms with Gasteiger partial charge in [-0.25, -0.2) is 0 Å². The molecule has 0 radical (unpaired) electrons. The van der Waals surface area contributed by atoms with Crippen LogP contribution in [0.5, 0.6) is 0 Å². The van der Waals surface area contributed by atoms with Crippen LogP contribution in [-0.4, -0.2) is 9.13 Å². The van der Waals surface area contributed by atoms with Gasteiger partial charge in [-0.2, -0.15) is 0 Å². The molecule has 1 aromatic heterocycles. The summed E-state index contributed by atoms with van der Waals surface area (Å²) in [5.41, 5.74) is -0.916. The van der Waals surface area contributed by atoms with Crippen molar-refractivity contribution in [3.63, 3.8) is 0 Å². The van der Waals surface area contributed by atoms with E-state index in [9.17, 15) is 14.4 Å². The molecule has 1 heterocycles. The lowest BCUT2D eigenvalue weighted by Crippen LogP contribution is -2.43. The summed E-state index contributed by atoms with van der Waals surface area (Å²) in [4.78, 5) is 37.8. The maximum atomic E-state index is 12.7. The Morgan fingerprint density at radius 3 is 2.04 bits per heavy atom. The van der Waals surface area contributed by atoms with Gasteiger partial charge >= 0.3 is 16.5 Å². The molecule has 3 aromatic rings. The van der Waals surface area contributed by atoms with E-state index in [1.807, 2.05) is 6.07 Å². The lowest BCUT2D eigenvalue weighted by atomic mass is 10.1. The number of para-hydroxylation sites is 3. The van der Waals surface area contributed by atoms with E-state index in [2.05, 4.69) is 13.8 Å². The second-order valence-corrected chi connectivity index (χ2v) is 6.43. The summed E-state index contributed by atoms with van der Waals surface area (Å²) in [5, 5.41) is 0. The maximum Gasteiger partial charge on any atom is 0.309 e. The van der Waals surface area contributed by atoms with Crippen molar-refractivity contribution < 1.29 is 0 Å². The summed E-state index contributed by atoms with van der Waals surface area (Å²) >= 11 is 0. The minimum Gasteiger partial charge on any atom is -0.303 e. The van der Waals surface area contributed by atoms with Crippen LogP contribution in [0.1, 0.15) is 20.3 Å². The number of nitrogens with zero attached hydrogens (tertiary/aromatic N) is 2. The molecule has 0 spiro atoms. The molecule has 0 aliphatic heterocycles. The fraction of sp³-hybridized carbons (Fsp3) is 0.250. The van der Waals surface area contributed by atoms with Crippen molar-refractivity contribution in [1.29, 1.82) is 0 Å². The number of fused-ring (bicyclic) bond motifs is 1. The molecule has 0 amide bonds. The highest BCUT2D eigenvalue weighted by atomic mass is 16.2. The molecule has 25 heavy (non-hydrogen) atoms. The van der Waals surface area contributed by atoms with E-state index in [1.165, 1.54) is 9.13 Å². The van der Waals surface area contributed by atoms with Crippen molar-refractivity contribution in [2.45, 2.75) is 26.8 Å². The van der Waals surface area contributed by atoms with Crippen LogP contribution in [0, 0.1) is 5.92 Å². The minimum atomic E-state index is -1.01. The fourth-order valence-electron chi connectivity index (χ4n) is 2.86. The van der Waals surface area contributed by atoms with Crippen LogP contribution >= 0.6 is 0 Å². The Hall–Kier alpha value is -2.95. The maximum absolute atomic E-state index is 12.7. The average molecular weight is 336 g/mol. The Morgan fingerprint density at radius 2 is 1.40 bits per heavy atom. The quantitative estimate of drug-likeness (QED) is 0.688. The molecule has 0 unspecified atom stereocenters. The van der Waals surface area contributed by atoms with Gasteiger partial charge in [-0.3, -0.25) is 19.0 Å². The van der Waals surface area contributed by atoms with E-state index in [4.69, 9.17) is 0 Å². The van der Waals surface area contributed by atoms with E-state index >= 15 is 0 Å². The van der Waals surface area contributed by atoms with Crippen molar-refractivity contribution >= 4 is 11.0 Å². The van der Waals surface area contributed by atoms with Gasteiger partial charge in [0.05, 0.1) is 11.0 Å². The Kier molecular flexibility index (Phi) is 4.65. The molecule has 5 heteroatoms. The Labute approximate surface area is 144 Å². The van der Waals surface area contributed by atoms with Crippen LogP contribution < -0.4 is 16.5 Å². The predicted octanol–water partition coefficient (Wildman–Crippen LogP) is 2.56. The third-order valence-corrected chi connectivity index (χ3v) is 4.19. The second kappa shape index (κ2) is 6.89. The highest BCUT2D eigenvalue weighted by Gasteiger charge is 2.14. The van der Waals surface area contributed by atoms with Gasteiger partial charge in [0.1, 0.15) is 0 Å². The number of hydrogen-bond acceptors (Lipinski definition) is 3. The number of benzene rings is 2. The minimum absolute atomic E-state index is 0.374. The zero-order valence-electron chi connectivity index (χ0n) is 14.3. The predicted molar refractivity (Wildman–Crippen MR) is 99.5 cm³/mol. The zero-order valence-corrected chi connectivity index (χ0v) is 14.3. The van der Waals surface area contributed by atoms with Gasteiger partial charge in [0.25, 0.3) is 0 Å². The van der Waals surface area contributed by atoms with Crippen LogP contribution in [0.4, 0.5) is 0 Å². The Balaban J connectivity index is 2.48. The van der Waals surface area contributed by atoms with Gasteiger partial charge in [0.2, 0.25) is 0 Å². The molecule has 128 valence electrons. The van der Waals surface area contributed by atoms with Gasteiger partial charge in [-0.15, -0.1) is 0 Å². The van der Waals surface area contributed by atoms with Crippen LogP contribution in [0.25, 0.3) is 16.7 Å².